The summed E-state index contributed by atoms with van der Waals surface area (Å²) in [5.74, 6) is -0.0303. The van der Waals surface area contributed by atoms with Crippen LogP contribution in [0.2, 0.25) is 0 Å². The molecule has 0 spiro atoms. The second-order valence-electron chi connectivity index (χ2n) is 4.68. The lowest BCUT2D eigenvalue weighted by molar-refractivity contribution is 0.0383. The summed E-state index contributed by atoms with van der Waals surface area (Å²) in [6.07, 6.45) is 1.90. The SMILES string of the molecule is CNc1cc(C(=O)NCCN2CCOCC2)n(C)c1. The summed E-state index contributed by atoms with van der Waals surface area (Å²) in [6, 6.07) is 1.85. The standard InChI is InChI=1S/C13H22N4O2/c1-14-11-9-12(16(2)10-11)13(18)15-3-4-17-5-7-19-8-6-17/h9-10,14H,3-8H2,1-2H3,(H,15,18). The van der Waals surface area contributed by atoms with E-state index in [0.29, 0.717) is 12.2 Å². The highest BCUT2D eigenvalue weighted by molar-refractivity contribution is 5.93. The van der Waals surface area contributed by atoms with Gasteiger partial charge in [0.05, 0.1) is 18.9 Å². The summed E-state index contributed by atoms with van der Waals surface area (Å²) in [7, 11) is 3.72. The van der Waals surface area contributed by atoms with Crippen LogP contribution in [0.25, 0.3) is 0 Å². The molecule has 2 N–H and O–H groups in total. The Kier molecular flexibility index (Phi) is 4.81. The third-order valence-corrected chi connectivity index (χ3v) is 3.34. The van der Waals surface area contributed by atoms with Crippen LogP contribution in [-0.2, 0) is 11.8 Å². The van der Waals surface area contributed by atoms with Gasteiger partial charge in [-0.15, -0.1) is 0 Å². The van der Waals surface area contributed by atoms with Crippen LogP contribution >= 0.6 is 0 Å². The first-order valence-electron chi connectivity index (χ1n) is 6.63. The quantitative estimate of drug-likeness (QED) is 0.795. The monoisotopic (exact) mass is 266 g/mol. The third kappa shape index (κ3) is 3.71. The van der Waals surface area contributed by atoms with Crippen molar-refractivity contribution in [3.63, 3.8) is 0 Å². The van der Waals surface area contributed by atoms with Crippen molar-refractivity contribution in [2.45, 2.75) is 0 Å². The van der Waals surface area contributed by atoms with Crippen LogP contribution in [0.15, 0.2) is 12.3 Å². The molecule has 1 fully saturated rings. The van der Waals surface area contributed by atoms with Crippen molar-refractivity contribution in [2.24, 2.45) is 7.05 Å². The van der Waals surface area contributed by atoms with Gasteiger partial charge in [0, 0.05) is 46.5 Å². The Morgan fingerprint density at radius 3 is 2.79 bits per heavy atom. The molecule has 0 atom stereocenters. The Hall–Kier alpha value is -1.53. The minimum atomic E-state index is -0.0303. The summed E-state index contributed by atoms with van der Waals surface area (Å²) in [6.45, 7) is 5.01. The average molecular weight is 266 g/mol. The maximum atomic E-state index is 12.0. The summed E-state index contributed by atoms with van der Waals surface area (Å²) in [5.41, 5.74) is 1.62. The van der Waals surface area contributed by atoms with Crippen LogP contribution < -0.4 is 10.6 Å². The molecule has 0 radical (unpaired) electrons. The van der Waals surface area contributed by atoms with Gasteiger partial charge >= 0.3 is 0 Å². The van der Waals surface area contributed by atoms with E-state index < -0.39 is 0 Å². The van der Waals surface area contributed by atoms with Gasteiger partial charge in [-0.05, 0) is 6.07 Å². The number of amides is 1. The highest BCUT2D eigenvalue weighted by atomic mass is 16.5. The number of anilines is 1. The second kappa shape index (κ2) is 6.58. The number of hydrogen-bond acceptors (Lipinski definition) is 4. The van der Waals surface area contributed by atoms with E-state index in [0.717, 1.165) is 38.5 Å². The van der Waals surface area contributed by atoms with Crippen molar-refractivity contribution in [1.82, 2.24) is 14.8 Å². The topological polar surface area (TPSA) is 58.5 Å². The van der Waals surface area contributed by atoms with Crippen molar-refractivity contribution in [3.05, 3.63) is 18.0 Å². The molecule has 2 heterocycles. The highest BCUT2D eigenvalue weighted by Crippen LogP contribution is 2.11. The number of aromatic nitrogens is 1. The molecule has 6 heteroatoms. The minimum Gasteiger partial charge on any atom is -0.387 e. The molecule has 19 heavy (non-hydrogen) atoms. The van der Waals surface area contributed by atoms with E-state index in [4.69, 9.17) is 4.74 Å². The molecule has 0 saturated carbocycles. The zero-order valence-corrected chi connectivity index (χ0v) is 11.6. The van der Waals surface area contributed by atoms with Gasteiger partial charge in [0.2, 0.25) is 0 Å². The van der Waals surface area contributed by atoms with Gasteiger partial charge in [-0.1, -0.05) is 0 Å². The number of carbonyl (C=O) groups is 1. The first-order valence-corrected chi connectivity index (χ1v) is 6.63. The van der Waals surface area contributed by atoms with Gasteiger partial charge in [-0.3, -0.25) is 9.69 Å². The van der Waals surface area contributed by atoms with E-state index in [1.807, 2.05) is 30.9 Å². The molecular formula is C13H22N4O2. The van der Waals surface area contributed by atoms with Gasteiger partial charge in [0.1, 0.15) is 5.69 Å². The number of nitrogens with one attached hydrogen (secondary N) is 2. The Morgan fingerprint density at radius 1 is 1.42 bits per heavy atom. The maximum Gasteiger partial charge on any atom is 0.268 e. The molecule has 1 saturated heterocycles. The fourth-order valence-electron chi connectivity index (χ4n) is 2.17. The lowest BCUT2D eigenvalue weighted by Gasteiger charge is -2.26. The summed E-state index contributed by atoms with van der Waals surface area (Å²) in [5, 5.41) is 5.98. The van der Waals surface area contributed by atoms with E-state index in [1.54, 1.807) is 0 Å². The number of nitrogens with zero attached hydrogens (tertiary/aromatic N) is 2. The van der Waals surface area contributed by atoms with Crippen LogP contribution in [0.5, 0.6) is 0 Å². The zero-order chi connectivity index (χ0) is 13.7. The van der Waals surface area contributed by atoms with Gasteiger partial charge in [-0.25, -0.2) is 0 Å². The minimum absolute atomic E-state index is 0.0303. The molecule has 0 aromatic carbocycles. The number of rotatable bonds is 5. The molecule has 0 unspecified atom stereocenters. The average Bonchev–Trinajstić information content (AvgIpc) is 2.81. The Labute approximate surface area is 113 Å². The number of carbonyl (C=O) groups excluding carboxylic acids is 1. The molecule has 1 amide bonds. The molecule has 1 aromatic rings. The van der Waals surface area contributed by atoms with Crippen molar-refractivity contribution in [2.75, 3.05) is 51.8 Å². The Bertz CT molecular complexity index is 424. The summed E-state index contributed by atoms with van der Waals surface area (Å²) < 4.78 is 7.12. The Morgan fingerprint density at radius 2 is 2.16 bits per heavy atom. The molecule has 2 rings (SSSR count). The molecule has 6 nitrogen and oxygen atoms in total. The first-order chi connectivity index (χ1) is 9.20. The molecule has 0 aliphatic carbocycles. The fourth-order valence-corrected chi connectivity index (χ4v) is 2.17. The van der Waals surface area contributed by atoms with Gasteiger partial charge in [0.15, 0.2) is 0 Å². The van der Waals surface area contributed by atoms with Crippen LogP contribution in [0.3, 0.4) is 0 Å². The van der Waals surface area contributed by atoms with E-state index in [9.17, 15) is 4.79 Å². The number of morpholine rings is 1. The van der Waals surface area contributed by atoms with Crippen molar-refractivity contribution in [3.8, 4) is 0 Å². The molecule has 0 bridgehead atoms. The second-order valence-corrected chi connectivity index (χ2v) is 4.68. The number of aryl methyl sites for hydroxylation is 1. The smallest absolute Gasteiger partial charge is 0.268 e. The van der Waals surface area contributed by atoms with Crippen molar-refractivity contribution < 1.29 is 9.53 Å². The van der Waals surface area contributed by atoms with Crippen molar-refractivity contribution >= 4 is 11.6 Å². The molecular weight excluding hydrogens is 244 g/mol. The van der Waals surface area contributed by atoms with E-state index in [2.05, 4.69) is 15.5 Å². The first kappa shape index (κ1) is 13.9. The van der Waals surface area contributed by atoms with Gasteiger partial charge in [0.25, 0.3) is 5.91 Å². The van der Waals surface area contributed by atoms with E-state index >= 15 is 0 Å². The van der Waals surface area contributed by atoms with Crippen LogP contribution in [0.1, 0.15) is 10.5 Å². The molecule has 1 aromatic heterocycles. The van der Waals surface area contributed by atoms with Crippen LogP contribution in [0.4, 0.5) is 5.69 Å². The van der Waals surface area contributed by atoms with E-state index in [-0.39, 0.29) is 5.91 Å². The predicted molar refractivity (Wildman–Crippen MR) is 74.6 cm³/mol. The number of ether oxygens (including phenoxy) is 1. The van der Waals surface area contributed by atoms with Crippen LogP contribution in [-0.4, -0.2) is 61.8 Å². The highest BCUT2D eigenvalue weighted by Gasteiger charge is 2.13. The largest absolute Gasteiger partial charge is 0.387 e. The van der Waals surface area contributed by atoms with Gasteiger partial charge < -0.3 is 19.9 Å². The zero-order valence-electron chi connectivity index (χ0n) is 11.6. The van der Waals surface area contributed by atoms with Gasteiger partial charge in [-0.2, -0.15) is 0 Å². The third-order valence-electron chi connectivity index (χ3n) is 3.34. The number of hydrogen-bond donors (Lipinski definition) is 2. The lowest BCUT2D eigenvalue weighted by Crippen LogP contribution is -2.41. The molecule has 1 aliphatic heterocycles. The fraction of sp³-hybridized carbons (Fsp3) is 0.615. The van der Waals surface area contributed by atoms with E-state index in [1.165, 1.54) is 0 Å². The summed E-state index contributed by atoms with van der Waals surface area (Å²) in [4.78, 5) is 14.3. The van der Waals surface area contributed by atoms with Crippen LogP contribution in [0, 0.1) is 0 Å². The lowest BCUT2D eigenvalue weighted by atomic mass is 10.3. The summed E-state index contributed by atoms with van der Waals surface area (Å²) >= 11 is 0. The maximum absolute atomic E-state index is 12.0. The van der Waals surface area contributed by atoms with Crippen molar-refractivity contribution in [1.29, 1.82) is 0 Å². The normalized spacial score (nSPS) is 16.3. The predicted octanol–water partition coefficient (Wildman–Crippen LogP) is 0.129. The molecule has 1 aliphatic rings. The molecule has 106 valence electrons. The Balaban J connectivity index is 1.78.